The predicted octanol–water partition coefficient (Wildman–Crippen LogP) is 3.17. The average molecular weight is 325 g/mol. The zero-order chi connectivity index (χ0) is 15.6. The maximum absolute atomic E-state index is 4.95. The van der Waals surface area contributed by atoms with Crippen LogP contribution in [0.4, 0.5) is 5.82 Å². The van der Waals surface area contributed by atoms with Gasteiger partial charge in [0.2, 0.25) is 0 Å². The standard InChI is InChI=1S/C17H19N5S/c1-10-7-12-16(18-9-19-17(12)23-10)22-6-5-14-13(8-22)20-15(21(14)2)11-3-4-11/h7,9,11H,3-6,8H2,1-2H3. The summed E-state index contributed by atoms with van der Waals surface area (Å²) < 4.78 is 2.34. The molecule has 1 aliphatic heterocycles. The van der Waals surface area contributed by atoms with Crippen LogP contribution in [0.1, 0.15) is 40.8 Å². The maximum Gasteiger partial charge on any atom is 0.141 e. The molecule has 1 fully saturated rings. The number of thiophene rings is 1. The van der Waals surface area contributed by atoms with Gasteiger partial charge in [-0.25, -0.2) is 15.0 Å². The van der Waals surface area contributed by atoms with Crippen LogP contribution >= 0.6 is 11.3 Å². The van der Waals surface area contributed by atoms with Gasteiger partial charge in [-0.15, -0.1) is 11.3 Å². The summed E-state index contributed by atoms with van der Waals surface area (Å²) in [6.45, 7) is 3.99. The second kappa shape index (κ2) is 4.77. The van der Waals surface area contributed by atoms with Crippen LogP contribution in [-0.2, 0) is 20.0 Å². The fourth-order valence-corrected chi connectivity index (χ4v) is 4.49. The van der Waals surface area contributed by atoms with Gasteiger partial charge in [-0.1, -0.05) is 0 Å². The lowest BCUT2D eigenvalue weighted by Crippen LogP contribution is -2.31. The van der Waals surface area contributed by atoms with Crippen molar-refractivity contribution in [3.8, 4) is 0 Å². The van der Waals surface area contributed by atoms with Crippen molar-refractivity contribution >= 4 is 27.4 Å². The Hall–Kier alpha value is -1.95. The van der Waals surface area contributed by atoms with E-state index in [1.54, 1.807) is 17.7 Å². The summed E-state index contributed by atoms with van der Waals surface area (Å²) in [4.78, 5) is 18.7. The number of imidazole rings is 1. The third-order valence-electron chi connectivity index (χ3n) is 4.96. The zero-order valence-electron chi connectivity index (χ0n) is 13.4. The van der Waals surface area contributed by atoms with Crippen molar-refractivity contribution < 1.29 is 0 Å². The summed E-state index contributed by atoms with van der Waals surface area (Å²) in [5.41, 5.74) is 2.65. The van der Waals surface area contributed by atoms with Crippen molar-refractivity contribution in [1.29, 1.82) is 0 Å². The number of hydrogen-bond acceptors (Lipinski definition) is 5. The normalized spacial score (nSPS) is 17.7. The summed E-state index contributed by atoms with van der Waals surface area (Å²) in [7, 11) is 2.18. The number of nitrogens with zero attached hydrogens (tertiary/aromatic N) is 5. The molecule has 0 spiro atoms. The molecule has 0 bridgehead atoms. The molecule has 4 heterocycles. The van der Waals surface area contributed by atoms with E-state index in [9.17, 15) is 0 Å². The summed E-state index contributed by atoms with van der Waals surface area (Å²) in [5, 5.41) is 1.18. The minimum absolute atomic E-state index is 0.698. The topological polar surface area (TPSA) is 46.8 Å². The quantitative estimate of drug-likeness (QED) is 0.726. The third kappa shape index (κ3) is 2.08. The van der Waals surface area contributed by atoms with Crippen LogP contribution in [0, 0.1) is 6.92 Å². The molecule has 3 aromatic rings. The van der Waals surface area contributed by atoms with E-state index in [0.29, 0.717) is 5.92 Å². The van der Waals surface area contributed by atoms with Crippen LogP contribution in [-0.4, -0.2) is 26.1 Å². The second-order valence-electron chi connectivity index (χ2n) is 6.64. The van der Waals surface area contributed by atoms with Gasteiger partial charge in [-0.05, 0) is 25.8 Å². The smallest absolute Gasteiger partial charge is 0.141 e. The van der Waals surface area contributed by atoms with Crippen LogP contribution in [0.2, 0.25) is 0 Å². The van der Waals surface area contributed by atoms with E-state index in [-0.39, 0.29) is 0 Å². The molecule has 23 heavy (non-hydrogen) atoms. The van der Waals surface area contributed by atoms with Crippen LogP contribution < -0.4 is 4.90 Å². The molecule has 6 heteroatoms. The number of hydrogen-bond donors (Lipinski definition) is 0. The van der Waals surface area contributed by atoms with Gasteiger partial charge >= 0.3 is 0 Å². The highest BCUT2D eigenvalue weighted by Gasteiger charge is 2.32. The highest BCUT2D eigenvalue weighted by atomic mass is 32.1. The SMILES string of the molecule is Cc1cc2c(N3CCc4c(nc(C5CC5)n4C)C3)ncnc2s1. The second-order valence-corrected chi connectivity index (χ2v) is 7.88. The number of aryl methyl sites for hydroxylation is 1. The monoisotopic (exact) mass is 325 g/mol. The average Bonchev–Trinajstić information content (AvgIpc) is 3.24. The van der Waals surface area contributed by atoms with E-state index in [0.717, 1.165) is 30.2 Å². The Kier molecular flexibility index (Phi) is 2.80. The Morgan fingerprint density at radius 3 is 2.96 bits per heavy atom. The predicted molar refractivity (Wildman–Crippen MR) is 92.1 cm³/mol. The van der Waals surface area contributed by atoms with Gasteiger partial charge in [-0.3, -0.25) is 0 Å². The molecule has 0 atom stereocenters. The first-order chi connectivity index (χ1) is 11.2. The molecule has 0 N–H and O–H groups in total. The molecule has 0 unspecified atom stereocenters. The van der Waals surface area contributed by atoms with Gasteiger partial charge in [0, 0.05) is 36.5 Å². The zero-order valence-corrected chi connectivity index (χ0v) is 14.2. The molecule has 5 rings (SSSR count). The van der Waals surface area contributed by atoms with Crippen LogP contribution in [0.5, 0.6) is 0 Å². The summed E-state index contributed by atoms with van der Waals surface area (Å²) in [5.74, 6) is 3.05. The van der Waals surface area contributed by atoms with Crippen molar-refractivity contribution in [1.82, 2.24) is 19.5 Å². The fraction of sp³-hybridized carbons (Fsp3) is 0.471. The Labute approximate surface area is 139 Å². The largest absolute Gasteiger partial charge is 0.350 e. The lowest BCUT2D eigenvalue weighted by molar-refractivity contribution is 0.672. The van der Waals surface area contributed by atoms with E-state index in [1.807, 2.05) is 0 Å². The van der Waals surface area contributed by atoms with Gasteiger partial charge < -0.3 is 9.47 Å². The molecule has 5 nitrogen and oxygen atoms in total. The Balaban J connectivity index is 1.54. The van der Waals surface area contributed by atoms with Crippen molar-refractivity contribution in [2.75, 3.05) is 11.4 Å². The maximum atomic E-state index is 4.95. The van der Waals surface area contributed by atoms with Gasteiger partial charge in [-0.2, -0.15) is 0 Å². The molecule has 0 radical (unpaired) electrons. The van der Waals surface area contributed by atoms with Crippen LogP contribution in [0.15, 0.2) is 12.4 Å². The minimum Gasteiger partial charge on any atom is -0.350 e. The van der Waals surface area contributed by atoms with Crippen LogP contribution in [0.3, 0.4) is 0 Å². The van der Waals surface area contributed by atoms with E-state index in [4.69, 9.17) is 4.98 Å². The molecular formula is C17H19N5S. The molecule has 3 aromatic heterocycles. The Morgan fingerprint density at radius 1 is 1.26 bits per heavy atom. The number of rotatable bonds is 2. The third-order valence-corrected chi connectivity index (χ3v) is 5.92. The number of fused-ring (bicyclic) bond motifs is 2. The van der Waals surface area contributed by atoms with E-state index in [2.05, 4.69) is 39.5 Å². The first-order valence-corrected chi connectivity index (χ1v) is 9.03. The van der Waals surface area contributed by atoms with Gasteiger partial charge in [0.05, 0.1) is 17.6 Å². The van der Waals surface area contributed by atoms with Crippen molar-refractivity contribution in [2.24, 2.45) is 7.05 Å². The Bertz CT molecular complexity index is 905. The van der Waals surface area contributed by atoms with Crippen molar-refractivity contribution in [3.63, 3.8) is 0 Å². The minimum atomic E-state index is 0.698. The fourth-order valence-electron chi connectivity index (χ4n) is 3.65. The van der Waals surface area contributed by atoms with Gasteiger partial charge in [0.25, 0.3) is 0 Å². The van der Waals surface area contributed by atoms with Gasteiger partial charge in [0.15, 0.2) is 0 Å². The van der Waals surface area contributed by atoms with E-state index < -0.39 is 0 Å². The molecule has 0 amide bonds. The molecular weight excluding hydrogens is 306 g/mol. The van der Waals surface area contributed by atoms with Crippen LogP contribution in [0.25, 0.3) is 10.2 Å². The summed E-state index contributed by atoms with van der Waals surface area (Å²) in [6, 6.07) is 2.21. The molecule has 0 aromatic carbocycles. The van der Waals surface area contributed by atoms with E-state index >= 15 is 0 Å². The highest BCUT2D eigenvalue weighted by molar-refractivity contribution is 7.18. The molecule has 1 saturated carbocycles. The van der Waals surface area contributed by atoms with Crippen molar-refractivity contribution in [3.05, 3.63) is 34.5 Å². The first kappa shape index (κ1) is 13.5. The summed E-state index contributed by atoms with van der Waals surface area (Å²) in [6.07, 6.45) is 5.33. The Morgan fingerprint density at radius 2 is 2.13 bits per heavy atom. The first-order valence-electron chi connectivity index (χ1n) is 8.21. The molecule has 0 saturated heterocycles. The van der Waals surface area contributed by atoms with Gasteiger partial charge in [0.1, 0.15) is 22.8 Å². The lowest BCUT2D eigenvalue weighted by atomic mass is 10.1. The highest BCUT2D eigenvalue weighted by Crippen LogP contribution is 2.41. The lowest BCUT2D eigenvalue weighted by Gasteiger charge is -2.28. The molecule has 2 aliphatic rings. The number of anilines is 1. The summed E-state index contributed by atoms with van der Waals surface area (Å²) >= 11 is 1.74. The molecule has 118 valence electrons. The molecule has 1 aliphatic carbocycles. The van der Waals surface area contributed by atoms with Crippen molar-refractivity contribution in [2.45, 2.75) is 38.6 Å². The number of aromatic nitrogens is 4. The van der Waals surface area contributed by atoms with E-state index in [1.165, 1.54) is 40.3 Å².